The van der Waals surface area contributed by atoms with Gasteiger partial charge in [-0.05, 0) is 57.4 Å². The number of cyclic esters (lactones) is 2. The van der Waals surface area contributed by atoms with E-state index in [0.29, 0.717) is 31.3 Å². The monoisotopic (exact) mass is 542 g/mol. The molecule has 212 valence electrons. The fourth-order valence-corrected chi connectivity index (χ4v) is 7.45. The third-order valence-corrected chi connectivity index (χ3v) is 10.1. The molecule has 0 bridgehead atoms. The van der Waals surface area contributed by atoms with Gasteiger partial charge >= 0.3 is 23.9 Å². The molecule has 9 heteroatoms. The molecule has 0 radical (unpaired) electrons. The summed E-state index contributed by atoms with van der Waals surface area (Å²) in [5, 5.41) is 0. The van der Waals surface area contributed by atoms with E-state index in [1.165, 1.54) is 0 Å². The van der Waals surface area contributed by atoms with Crippen LogP contribution < -0.4 is 0 Å². The molecule has 9 nitrogen and oxygen atoms in total. The highest BCUT2D eigenvalue weighted by Crippen LogP contribution is 2.68. The number of furan rings is 1. The van der Waals surface area contributed by atoms with E-state index in [1.807, 2.05) is 6.92 Å². The van der Waals surface area contributed by atoms with Gasteiger partial charge in [-0.1, -0.05) is 26.8 Å². The maximum atomic E-state index is 13.9. The van der Waals surface area contributed by atoms with Crippen molar-refractivity contribution in [3.8, 4) is 0 Å². The van der Waals surface area contributed by atoms with E-state index in [1.54, 1.807) is 45.4 Å². The molecule has 2 saturated carbocycles. The highest BCUT2D eigenvalue weighted by Gasteiger charge is 2.74. The fourth-order valence-electron chi connectivity index (χ4n) is 7.45. The minimum atomic E-state index is -1.00. The van der Waals surface area contributed by atoms with Crippen LogP contribution in [0, 0.1) is 34.5 Å². The zero-order valence-corrected chi connectivity index (χ0v) is 23.3. The summed E-state index contributed by atoms with van der Waals surface area (Å²) in [7, 11) is 0. The third kappa shape index (κ3) is 4.19. The second-order valence-corrected chi connectivity index (χ2v) is 11.9. The molecule has 39 heavy (non-hydrogen) atoms. The molecule has 0 N–H and O–H groups in total. The van der Waals surface area contributed by atoms with Gasteiger partial charge in [0, 0.05) is 23.0 Å². The SMILES string of the molecule is C/C=C(/C)C(=O)O[C@@H]1C[C@H]2[C@]3(CC[C@@H](C)[C@]24C[C@H](c2ccoc2)OC4=O)COC(=O)[C@@H]3[C@H]1OC(=O)[C@H](C)CC. The Morgan fingerprint density at radius 3 is 2.69 bits per heavy atom. The van der Waals surface area contributed by atoms with Gasteiger partial charge in [0.1, 0.15) is 18.1 Å². The molecule has 5 rings (SSSR count). The molecular formula is C30H38O9. The Hall–Kier alpha value is -3.10. The Labute approximate surface area is 228 Å². The van der Waals surface area contributed by atoms with Gasteiger partial charge in [0.15, 0.2) is 6.10 Å². The van der Waals surface area contributed by atoms with Crippen LogP contribution in [0.2, 0.25) is 0 Å². The highest BCUT2D eigenvalue weighted by molar-refractivity contribution is 5.88. The van der Waals surface area contributed by atoms with Gasteiger partial charge in [0.05, 0.1) is 30.5 Å². The maximum absolute atomic E-state index is 13.9. The van der Waals surface area contributed by atoms with Crippen LogP contribution in [0.25, 0.3) is 0 Å². The van der Waals surface area contributed by atoms with Crippen LogP contribution in [0.5, 0.6) is 0 Å². The van der Waals surface area contributed by atoms with Gasteiger partial charge in [-0.25, -0.2) is 4.79 Å². The lowest BCUT2D eigenvalue weighted by Gasteiger charge is -2.58. The fraction of sp³-hybridized carbons (Fsp3) is 0.667. The first-order valence-corrected chi connectivity index (χ1v) is 14.0. The molecular weight excluding hydrogens is 504 g/mol. The molecule has 1 aromatic rings. The summed E-state index contributed by atoms with van der Waals surface area (Å²) in [6.07, 6.45) is 4.95. The predicted octanol–water partition coefficient (Wildman–Crippen LogP) is 4.70. The number of allylic oxidation sites excluding steroid dienone is 1. The molecule has 2 aliphatic heterocycles. The number of rotatable bonds is 6. The Morgan fingerprint density at radius 2 is 2.03 bits per heavy atom. The van der Waals surface area contributed by atoms with Crippen molar-refractivity contribution in [3.05, 3.63) is 35.8 Å². The minimum absolute atomic E-state index is 0.0401. The number of esters is 4. The van der Waals surface area contributed by atoms with Crippen LogP contribution in [0.15, 0.2) is 34.7 Å². The molecule has 4 fully saturated rings. The second kappa shape index (κ2) is 10.1. The van der Waals surface area contributed by atoms with E-state index in [4.69, 9.17) is 23.4 Å². The van der Waals surface area contributed by atoms with Gasteiger partial charge in [0.25, 0.3) is 0 Å². The minimum Gasteiger partial charge on any atom is -0.472 e. The molecule has 1 aromatic heterocycles. The van der Waals surface area contributed by atoms with Crippen LogP contribution >= 0.6 is 0 Å². The standard InChI is InChI=1S/C30H38O9/c1-6-16(3)25(31)37-20-12-22-29(15-36-27(33)23(29)24(20)39-26(32)17(4)7-2)10-8-18(5)30(22)13-21(38-28(30)34)19-9-11-35-14-19/h6,9,11,14,17-18,20-24H,7-8,10,12-13,15H2,1-5H3/b16-6-/t17-,18-,20-,21-,22+,23+,24+,29+,30-/m1/s1. The van der Waals surface area contributed by atoms with Crippen LogP contribution in [0.3, 0.4) is 0 Å². The lowest BCUT2D eigenvalue weighted by molar-refractivity contribution is -0.213. The van der Waals surface area contributed by atoms with Gasteiger partial charge < -0.3 is 23.4 Å². The third-order valence-electron chi connectivity index (χ3n) is 10.1. The average molecular weight is 543 g/mol. The topological polar surface area (TPSA) is 118 Å². The smallest absolute Gasteiger partial charge is 0.333 e. The summed E-state index contributed by atoms with van der Waals surface area (Å²) >= 11 is 0. The summed E-state index contributed by atoms with van der Waals surface area (Å²) in [6, 6.07) is 1.79. The summed E-state index contributed by atoms with van der Waals surface area (Å²) in [4.78, 5) is 53.3. The van der Waals surface area contributed by atoms with Crippen LogP contribution in [-0.4, -0.2) is 42.7 Å². The lowest BCUT2D eigenvalue weighted by atomic mass is 9.43. The van der Waals surface area contributed by atoms with Crippen molar-refractivity contribution in [1.82, 2.24) is 0 Å². The number of hydrogen-bond acceptors (Lipinski definition) is 9. The average Bonchev–Trinajstić information content (AvgIpc) is 3.65. The van der Waals surface area contributed by atoms with Gasteiger partial charge in [0.2, 0.25) is 0 Å². The van der Waals surface area contributed by atoms with Gasteiger partial charge in [-0.2, -0.15) is 0 Å². The normalized spacial score (nSPS) is 38.4. The first kappa shape index (κ1) is 27.5. The van der Waals surface area contributed by atoms with E-state index in [9.17, 15) is 19.2 Å². The van der Waals surface area contributed by atoms with Gasteiger partial charge in [-0.3, -0.25) is 14.4 Å². The Morgan fingerprint density at radius 1 is 1.26 bits per heavy atom. The van der Waals surface area contributed by atoms with Crippen molar-refractivity contribution in [2.24, 2.45) is 34.5 Å². The Bertz CT molecular complexity index is 1170. The number of hydrogen-bond donors (Lipinski definition) is 0. The number of carbonyl (C=O) groups is 4. The van der Waals surface area contributed by atoms with E-state index in [2.05, 4.69) is 6.92 Å². The van der Waals surface area contributed by atoms with Crippen molar-refractivity contribution >= 4 is 23.9 Å². The molecule has 9 atom stereocenters. The molecule has 0 aromatic carbocycles. The van der Waals surface area contributed by atoms with Crippen molar-refractivity contribution in [2.75, 3.05) is 6.61 Å². The van der Waals surface area contributed by atoms with Crippen LogP contribution in [0.4, 0.5) is 0 Å². The summed E-state index contributed by atoms with van der Waals surface area (Å²) in [6.45, 7) is 9.22. The van der Waals surface area contributed by atoms with Crippen LogP contribution in [-0.2, 0) is 38.1 Å². The first-order chi connectivity index (χ1) is 18.6. The van der Waals surface area contributed by atoms with E-state index in [-0.39, 0.29) is 36.8 Å². The predicted molar refractivity (Wildman–Crippen MR) is 137 cm³/mol. The van der Waals surface area contributed by atoms with Crippen molar-refractivity contribution in [3.63, 3.8) is 0 Å². The highest BCUT2D eigenvalue weighted by atomic mass is 16.6. The number of fused-ring (bicyclic) bond motifs is 1. The van der Waals surface area contributed by atoms with Crippen molar-refractivity contribution < 1.29 is 42.5 Å². The molecule has 2 aliphatic carbocycles. The molecule has 2 spiro atoms. The zero-order chi connectivity index (χ0) is 28.1. The second-order valence-electron chi connectivity index (χ2n) is 11.9. The molecule has 0 unspecified atom stereocenters. The quantitative estimate of drug-likeness (QED) is 0.286. The number of carbonyl (C=O) groups excluding carboxylic acids is 4. The molecule has 3 heterocycles. The largest absolute Gasteiger partial charge is 0.472 e. The molecule has 0 amide bonds. The first-order valence-electron chi connectivity index (χ1n) is 14.0. The van der Waals surface area contributed by atoms with Crippen molar-refractivity contribution in [1.29, 1.82) is 0 Å². The number of ether oxygens (including phenoxy) is 4. The zero-order valence-electron chi connectivity index (χ0n) is 23.3. The summed E-state index contributed by atoms with van der Waals surface area (Å²) in [5.74, 6) is -3.44. The molecule has 2 saturated heterocycles. The van der Waals surface area contributed by atoms with E-state index < -0.39 is 53.0 Å². The summed E-state index contributed by atoms with van der Waals surface area (Å²) in [5.41, 5.74) is -0.476. The Kier molecular flexibility index (Phi) is 7.14. The van der Waals surface area contributed by atoms with E-state index >= 15 is 0 Å². The maximum Gasteiger partial charge on any atom is 0.333 e. The summed E-state index contributed by atoms with van der Waals surface area (Å²) < 4.78 is 28.9. The lowest BCUT2D eigenvalue weighted by Crippen LogP contribution is -2.64. The van der Waals surface area contributed by atoms with Gasteiger partial charge in [-0.15, -0.1) is 0 Å². The Balaban J connectivity index is 1.59. The van der Waals surface area contributed by atoms with Crippen LogP contribution in [0.1, 0.15) is 78.4 Å². The molecule has 4 aliphatic rings. The van der Waals surface area contributed by atoms with E-state index in [0.717, 1.165) is 5.56 Å². The van der Waals surface area contributed by atoms with Crippen molar-refractivity contribution in [2.45, 2.75) is 85.0 Å².